The van der Waals surface area contributed by atoms with Gasteiger partial charge in [0.05, 0.1) is 0 Å². The van der Waals surface area contributed by atoms with Crippen LogP contribution in [0.25, 0.3) is 0 Å². The van der Waals surface area contributed by atoms with Crippen LogP contribution >= 0.6 is 0 Å². The molecule has 0 bridgehead atoms. The molecule has 20 heavy (non-hydrogen) atoms. The summed E-state index contributed by atoms with van der Waals surface area (Å²) >= 11 is 0. The van der Waals surface area contributed by atoms with Crippen LogP contribution in [0.5, 0.6) is 0 Å². The van der Waals surface area contributed by atoms with Gasteiger partial charge in [-0.1, -0.05) is 45.0 Å². The van der Waals surface area contributed by atoms with E-state index in [0.717, 1.165) is 12.1 Å². The van der Waals surface area contributed by atoms with E-state index >= 15 is 0 Å². The molecule has 114 valence electrons. The molecule has 0 saturated heterocycles. The minimum absolute atomic E-state index is 0.00330. The lowest BCUT2D eigenvalue weighted by molar-refractivity contribution is -0.135. The van der Waals surface area contributed by atoms with Crippen LogP contribution < -0.4 is 5.32 Å². The third kappa shape index (κ3) is 5.95. The number of hydrogen-bond donors (Lipinski definition) is 1. The van der Waals surface area contributed by atoms with Crippen LogP contribution in [0.15, 0.2) is 24.3 Å². The molecule has 1 nitrogen and oxygen atoms in total. The van der Waals surface area contributed by atoms with Gasteiger partial charge in [0.25, 0.3) is 0 Å². The van der Waals surface area contributed by atoms with E-state index in [1.807, 2.05) is 19.1 Å². The molecule has 1 rings (SSSR count). The Hall–Kier alpha value is -1.03. The highest BCUT2D eigenvalue weighted by Crippen LogP contribution is 2.27. The van der Waals surface area contributed by atoms with E-state index in [0.29, 0.717) is 12.3 Å². The Morgan fingerprint density at radius 1 is 1.05 bits per heavy atom. The van der Waals surface area contributed by atoms with E-state index in [-0.39, 0.29) is 12.5 Å². The van der Waals surface area contributed by atoms with Gasteiger partial charge in [0, 0.05) is 12.5 Å². The Morgan fingerprint density at radius 2 is 1.60 bits per heavy atom. The number of alkyl halides is 3. The largest absolute Gasteiger partial charge is 0.389 e. The molecule has 0 radical (unpaired) electrons. The molecule has 0 aliphatic rings. The van der Waals surface area contributed by atoms with Crippen molar-refractivity contribution in [2.75, 3.05) is 6.54 Å². The van der Waals surface area contributed by atoms with E-state index in [4.69, 9.17) is 0 Å². The monoisotopic (exact) mass is 287 g/mol. The van der Waals surface area contributed by atoms with Crippen LogP contribution in [0, 0.1) is 0 Å². The van der Waals surface area contributed by atoms with Crippen LogP contribution in [-0.4, -0.2) is 12.7 Å². The van der Waals surface area contributed by atoms with Crippen molar-refractivity contribution in [2.45, 2.75) is 58.2 Å². The van der Waals surface area contributed by atoms with E-state index in [1.165, 1.54) is 5.56 Å². The molecule has 0 spiro atoms. The van der Waals surface area contributed by atoms with E-state index < -0.39 is 12.6 Å². The van der Waals surface area contributed by atoms with Gasteiger partial charge in [-0.05, 0) is 36.4 Å². The molecule has 0 aromatic heterocycles. The molecule has 4 heteroatoms. The fourth-order valence-corrected chi connectivity index (χ4v) is 2.25. The standard InChI is InChI=1S/C16H24F3N/c1-4-20-15(6-5-11-16(17,18)19)14-9-7-13(8-10-14)12(2)3/h7-10,12,15,20H,4-6,11H2,1-3H3. The van der Waals surface area contributed by atoms with Crippen molar-refractivity contribution in [3.05, 3.63) is 35.4 Å². The molecule has 0 heterocycles. The van der Waals surface area contributed by atoms with Gasteiger partial charge in [-0.25, -0.2) is 0 Å². The number of rotatable bonds is 7. The normalized spacial score (nSPS) is 13.8. The first-order chi connectivity index (χ1) is 9.33. The van der Waals surface area contributed by atoms with Crippen LogP contribution in [0.3, 0.4) is 0 Å². The predicted octanol–water partition coefficient (Wildman–Crippen LogP) is 5.19. The maximum Gasteiger partial charge on any atom is 0.389 e. The fraction of sp³-hybridized carbons (Fsp3) is 0.625. The van der Waals surface area contributed by atoms with Crippen molar-refractivity contribution >= 4 is 0 Å². The van der Waals surface area contributed by atoms with Gasteiger partial charge in [-0.2, -0.15) is 13.2 Å². The van der Waals surface area contributed by atoms with Crippen LogP contribution in [0.2, 0.25) is 0 Å². The van der Waals surface area contributed by atoms with Crippen molar-refractivity contribution in [3.63, 3.8) is 0 Å². The molecule has 1 N–H and O–H groups in total. The zero-order valence-electron chi connectivity index (χ0n) is 12.4. The Morgan fingerprint density at radius 3 is 2.05 bits per heavy atom. The van der Waals surface area contributed by atoms with Crippen molar-refractivity contribution in [1.29, 1.82) is 0 Å². The summed E-state index contributed by atoms with van der Waals surface area (Å²) < 4.78 is 36.6. The van der Waals surface area contributed by atoms with Gasteiger partial charge >= 0.3 is 6.18 Å². The molecule has 1 aromatic rings. The quantitative estimate of drug-likeness (QED) is 0.727. The second-order valence-corrected chi connectivity index (χ2v) is 5.44. The topological polar surface area (TPSA) is 12.0 Å². The van der Waals surface area contributed by atoms with E-state index in [9.17, 15) is 13.2 Å². The number of benzene rings is 1. The molecule has 0 aliphatic heterocycles. The lowest BCUT2D eigenvalue weighted by atomic mass is 9.96. The highest BCUT2D eigenvalue weighted by Gasteiger charge is 2.26. The Balaban J connectivity index is 2.65. The Bertz CT molecular complexity index is 382. The lowest BCUT2D eigenvalue weighted by Crippen LogP contribution is -2.21. The average molecular weight is 287 g/mol. The predicted molar refractivity (Wildman–Crippen MR) is 76.9 cm³/mol. The summed E-state index contributed by atoms with van der Waals surface area (Å²) in [7, 11) is 0. The Labute approximate surface area is 119 Å². The molecule has 0 saturated carbocycles. The smallest absolute Gasteiger partial charge is 0.310 e. The number of hydrogen-bond acceptors (Lipinski definition) is 1. The van der Waals surface area contributed by atoms with Crippen LogP contribution in [0.4, 0.5) is 13.2 Å². The zero-order chi connectivity index (χ0) is 15.2. The van der Waals surface area contributed by atoms with Gasteiger partial charge in [-0.3, -0.25) is 0 Å². The molecule has 0 aliphatic carbocycles. The van der Waals surface area contributed by atoms with Gasteiger partial charge in [-0.15, -0.1) is 0 Å². The highest BCUT2D eigenvalue weighted by molar-refractivity contribution is 5.26. The van der Waals surface area contributed by atoms with Gasteiger partial charge in [0.2, 0.25) is 0 Å². The number of halogens is 3. The van der Waals surface area contributed by atoms with Crippen LogP contribution in [-0.2, 0) is 0 Å². The summed E-state index contributed by atoms with van der Waals surface area (Å²) in [5.41, 5.74) is 2.32. The summed E-state index contributed by atoms with van der Waals surface area (Å²) in [5.74, 6) is 0.465. The second-order valence-electron chi connectivity index (χ2n) is 5.44. The summed E-state index contributed by atoms with van der Waals surface area (Å²) in [6.45, 7) is 6.97. The van der Waals surface area contributed by atoms with Crippen molar-refractivity contribution < 1.29 is 13.2 Å². The zero-order valence-corrected chi connectivity index (χ0v) is 12.4. The summed E-state index contributed by atoms with van der Waals surface area (Å²) in [5, 5.41) is 3.27. The first kappa shape index (κ1) is 17.0. The summed E-state index contributed by atoms with van der Waals surface area (Å²) in [6, 6.07) is 8.18. The minimum atomic E-state index is -4.06. The van der Waals surface area contributed by atoms with E-state index in [2.05, 4.69) is 31.3 Å². The average Bonchev–Trinajstić information content (AvgIpc) is 2.36. The van der Waals surface area contributed by atoms with Crippen molar-refractivity contribution in [1.82, 2.24) is 5.32 Å². The molecular formula is C16H24F3N. The van der Waals surface area contributed by atoms with Crippen LogP contribution in [0.1, 0.15) is 63.1 Å². The first-order valence-electron chi connectivity index (χ1n) is 7.23. The summed E-state index contributed by atoms with van der Waals surface area (Å²) in [4.78, 5) is 0. The fourth-order valence-electron chi connectivity index (χ4n) is 2.25. The van der Waals surface area contributed by atoms with E-state index in [1.54, 1.807) is 0 Å². The van der Waals surface area contributed by atoms with Gasteiger partial charge < -0.3 is 5.32 Å². The molecule has 0 amide bonds. The molecule has 1 atom stereocenters. The van der Waals surface area contributed by atoms with Crippen molar-refractivity contribution in [3.8, 4) is 0 Å². The molecule has 1 unspecified atom stereocenters. The summed E-state index contributed by atoms with van der Waals surface area (Å²) in [6.07, 6.45) is -4.10. The maximum absolute atomic E-state index is 12.2. The third-order valence-corrected chi connectivity index (χ3v) is 3.41. The maximum atomic E-state index is 12.2. The highest BCUT2D eigenvalue weighted by atomic mass is 19.4. The third-order valence-electron chi connectivity index (χ3n) is 3.41. The second kappa shape index (κ2) is 7.67. The van der Waals surface area contributed by atoms with Gasteiger partial charge in [0.15, 0.2) is 0 Å². The minimum Gasteiger partial charge on any atom is -0.310 e. The molecule has 1 aromatic carbocycles. The first-order valence-corrected chi connectivity index (χ1v) is 7.23. The SMILES string of the molecule is CCNC(CCCC(F)(F)F)c1ccc(C(C)C)cc1. The number of nitrogens with one attached hydrogen (secondary N) is 1. The molecular weight excluding hydrogens is 263 g/mol. The molecule has 0 fully saturated rings. The van der Waals surface area contributed by atoms with Gasteiger partial charge in [0.1, 0.15) is 0 Å². The Kier molecular flexibility index (Phi) is 6.53. The lowest BCUT2D eigenvalue weighted by Gasteiger charge is -2.19. The van der Waals surface area contributed by atoms with Crippen molar-refractivity contribution in [2.24, 2.45) is 0 Å².